The number of aryl methyl sites for hydroxylation is 1. The van der Waals surface area contributed by atoms with Gasteiger partial charge in [0, 0.05) is 17.1 Å². The second-order valence-corrected chi connectivity index (χ2v) is 5.49. The predicted octanol–water partition coefficient (Wildman–Crippen LogP) is 3.43. The van der Waals surface area contributed by atoms with Crippen LogP contribution in [0.4, 0.5) is 0 Å². The molecule has 0 fully saturated rings. The lowest BCUT2D eigenvalue weighted by molar-refractivity contribution is 0.485. The first-order chi connectivity index (χ1) is 7.25. The van der Waals surface area contributed by atoms with Crippen LogP contribution in [0.25, 0.3) is 0 Å². The molecule has 2 heterocycles. The highest BCUT2D eigenvalue weighted by molar-refractivity contribution is 7.98. The summed E-state index contributed by atoms with van der Waals surface area (Å²) in [5, 5.41) is 10.3. The van der Waals surface area contributed by atoms with Crippen molar-refractivity contribution in [1.29, 1.82) is 0 Å². The minimum Gasteiger partial charge on any atom is -0.425 e. The first kappa shape index (κ1) is 10.7. The van der Waals surface area contributed by atoms with Gasteiger partial charge in [-0.15, -0.1) is 33.3 Å². The van der Waals surface area contributed by atoms with Gasteiger partial charge in [-0.2, -0.15) is 0 Å². The number of thioether (sulfide) groups is 1. The Kier molecular flexibility index (Phi) is 3.43. The SMILES string of the molecule is Cc1nnc(CS[C@H](C)c2cccs2)o1. The summed E-state index contributed by atoms with van der Waals surface area (Å²) >= 11 is 3.60. The fraction of sp³-hybridized carbons (Fsp3) is 0.400. The molecular formula is C10H12N2OS2. The number of rotatable bonds is 4. The first-order valence-corrected chi connectivity index (χ1v) is 6.62. The van der Waals surface area contributed by atoms with Gasteiger partial charge in [0.15, 0.2) is 0 Å². The molecule has 2 aromatic heterocycles. The lowest BCUT2D eigenvalue weighted by Crippen LogP contribution is -1.86. The summed E-state index contributed by atoms with van der Waals surface area (Å²) in [7, 11) is 0. The van der Waals surface area contributed by atoms with Crippen LogP contribution < -0.4 is 0 Å². The molecule has 0 unspecified atom stereocenters. The maximum absolute atomic E-state index is 5.31. The third-order valence-corrected chi connectivity index (χ3v) is 4.34. The van der Waals surface area contributed by atoms with Crippen molar-refractivity contribution in [2.24, 2.45) is 0 Å². The van der Waals surface area contributed by atoms with Gasteiger partial charge in [0.05, 0.1) is 5.75 Å². The summed E-state index contributed by atoms with van der Waals surface area (Å²) < 4.78 is 5.31. The molecule has 0 N–H and O–H groups in total. The molecule has 1 atom stereocenters. The molecule has 0 aliphatic heterocycles. The Hall–Kier alpha value is -0.810. The number of thiophene rings is 1. The van der Waals surface area contributed by atoms with E-state index in [-0.39, 0.29) is 0 Å². The zero-order valence-corrected chi connectivity index (χ0v) is 10.3. The Morgan fingerprint density at radius 3 is 3.00 bits per heavy atom. The van der Waals surface area contributed by atoms with E-state index in [0.29, 0.717) is 17.0 Å². The summed E-state index contributed by atoms with van der Waals surface area (Å²) in [6.07, 6.45) is 0. The molecule has 0 spiro atoms. The van der Waals surface area contributed by atoms with Crippen molar-refractivity contribution in [1.82, 2.24) is 10.2 Å². The van der Waals surface area contributed by atoms with Crippen molar-refractivity contribution < 1.29 is 4.42 Å². The minimum atomic E-state index is 0.484. The van der Waals surface area contributed by atoms with Crippen molar-refractivity contribution in [3.8, 4) is 0 Å². The second kappa shape index (κ2) is 4.81. The van der Waals surface area contributed by atoms with Gasteiger partial charge >= 0.3 is 0 Å². The van der Waals surface area contributed by atoms with Gasteiger partial charge in [-0.3, -0.25) is 0 Å². The van der Waals surface area contributed by atoms with Crippen molar-refractivity contribution in [2.45, 2.75) is 24.9 Å². The fourth-order valence-electron chi connectivity index (χ4n) is 1.20. The molecular weight excluding hydrogens is 228 g/mol. The van der Waals surface area contributed by atoms with Gasteiger partial charge in [-0.25, -0.2) is 0 Å². The monoisotopic (exact) mass is 240 g/mol. The van der Waals surface area contributed by atoms with Crippen molar-refractivity contribution in [2.75, 3.05) is 0 Å². The Balaban J connectivity index is 1.88. The van der Waals surface area contributed by atoms with E-state index in [4.69, 9.17) is 4.42 Å². The van der Waals surface area contributed by atoms with E-state index >= 15 is 0 Å². The van der Waals surface area contributed by atoms with Gasteiger partial charge in [-0.1, -0.05) is 6.07 Å². The standard InChI is InChI=1S/C10H12N2OS2/c1-7(9-4-3-5-14-9)15-6-10-12-11-8(2)13-10/h3-5,7H,6H2,1-2H3/t7-/m1/s1. The Bertz CT molecular complexity index is 411. The highest BCUT2D eigenvalue weighted by atomic mass is 32.2. The minimum absolute atomic E-state index is 0.484. The Morgan fingerprint density at radius 2 is 2.40 bits per heavy atom. The Morgan fingerprint density at radius 1 is 1.53 bits per heavy atom. The predicted molar refractivity (Wildman–Crippen MR) is 63.1 cm³/mol. The zero-order chi connectivity index (χ0) is 10.7. The van der Waals surface area contributed by atoms with Crippen LogP contribution in [0.3, 0.4) is 0 Å². The van der Waals surface area contributed by atoms with Gasteiger partial charge in [0.25, 0.3) is 0 Å². The highest BCUT2D eigenvalue weighted by Gasteiger charge is 2.09. The van der Waals surface area contributed by atoms with Gasteiger partial charge in [0.2, 0.25) is 11.8 Å². The van der Waals surface area contributed by atoms with E-state index in [0.717, 1.165) is 5.75 Å². The van der Waals surface area contributed by atoms with Crippen molar-refractivity contribution in [3.05, 3.63) is 34.2 Å². The van der Waals surface area contributed by atoms with Crippen LogP contribution >= 0.6 is 23.1 Å². The lowest BCUT2D eigenvalue weighted by atomic mass is 10.4. The number of nitrogens with zero attached hydrogens (tertiary/aromatic N) is 2. The van der Waals surface area contributed by atoms with E-state index in [2.05, 4.69) is 34.6 Å². The third kappa shape index (κ3) is 2.82. The molecule has 0 aromatic carbocycles. The number of hydrogen-bond acceptors (Lipinski definition) is 5. The van der Waals surface area contributed by atoms with Gasteiger partial charge < -0.3 is 4.42 Å². The molecule has 0 saturated carbocycles. The molecule has 0 amide bonds. The van der Waals surface area contributed by atoms with Crippen molar-refractivity contribution >= 4 is 23.1 Å². The van der Waals surface area contributed by atoms with Crippen LogP contribution in [-0.2, 0) is 5.75 Å². The van der Waals surface area contributed by atoms with Crippen LogP contribution in [0.5, 0.6) is 0 Å². The highest BCUT2D eigenvalue weighted by Crippen LogP contribution is 2.33. The largest absolute Gasteiger partial charge is 0.425 e. The molecule has 0 aliphatic carbocycles. The average Bonchev–Trinajstić information content (AvgIpc) is 2.84. The molecule has 80 valence electrons. The van der Waals surface area contributed by atoms with Crippen LogP contribution in [0.2, 0.25) is 0 Å². The van der Waals surface area contributed by atoms with E-state index in [1.165, 1.54) is 4.88 Å². The topological polar surface area (TPSA) is 38.9 Å². The first-order valence-electron chi connectivity index (χ1n) is 4.69. The maximum atomic E-state index is 5.31. The van der Waals surface area contributed by atoms with E-state index in [9.17, 15) is 0 Å². The maximum Gasteiger partial charge on any atom is 0.226 e. The van der Waals surface area contributed by atoms with Crippen LogP contribution in [0.15, 0.2) is 21.9 Å². The van der Waals surface area contributed by atoms with Crippen LogP contribution in [-0.4, -0.2) is 10.2 Å². The van der Waals surface area contributed by atoms with Gasteiger partial charge in [-0.05, 0) is 18.4 Å². The molecule has 0 aliphatic rings. The van der Waals surface area contributed by atoms with Crippen molar-refractivity contribution in [3.63, 3.8) is 0 Å². The third-order valence-electron chi connectivity index (χ3n) is 1.97. The molecule has 2 rings (SSSR count). The summed E-state index contributed by atoms with van der Waals surface area (Å²) in [5.74, 6) is 2.12. The molecule has 0 saturated heterocycles. The van der Waals surface area contributed by atoms with E-state index < -0.39 is 0 Å². The van der Waals surface area contributed by atoms with Crippen LogP contribution in [0, 0.1) is 6.92 Å². The zero-order valence-electron chi connectivity index (χ0n) is 8.64. The molecule has 15 heavy (non-hydrogen) atoms. The van der Waals surface area contributed by atoms with E-state index in [1.54, 1.807) is 11.3 Å². The normalized spacial score (nSPS) is 12.9. The Labute approximate surface area is 96.9 Å². The molecule has 2 aromatic rings. The summed E-state index contributed by atoms with van der Waals surface area (Å²) in [6.45, 7) is 4.00. The molecule has 3 nitrogen and oxygen atoms in total. The number of aromatic nitrogens is 2. The summed E-state index contributed by atoms with van der Waals surface area (Å²) in [5.41, 5.74) is 0. The molecule has 0 bridgehead atoms. The second-order valence-electron chi connectivity index (χ2n) is 3.18. The average molecular weight is 240 g/mol. The quantitative estimate of drug-likeness (QED) is 0.820. The van der Waals surface area contributed by atoms with Gasteiger partial charge in [0.1, 0.15) is 0 Å². The summed E-state index contributed by atoms with van der Waals surface area (Å²) in [4.78, 5) is 1.39. The van der Waals surface area contributed by atoms with E-state index in [1.807, 2.05) is 18.7 Å². The lowest BCUT2D eigenvalue weighted by Gasteiger charge is -2.06. The smallest absolute Gasteiger partial charge is 0.226 e. The van der Waals surface area contributed by atoms with Crippen LogP contribution in [0.1, 0.15) is 28.8 Å². The number of hydrogen-bond donors (Lipinski definition) is 0. The molecule has 0 radical (unpaired) electrons. The summed E-state index contributed by atoms with van der Waals surface area (Å²) in [6, 6.07) is 4.23. The fourth-order valence-corrected chi connectivity index (χ4v) is 2.98. The molecule has 5 heteroatoms.